The van der Waals surface area contributed by atoms with Crippen LogP contribution < -0.4 is 14.8 Å². The molecule has 2 heterocycles. The molecule has 7 nitrogen and oxygen atoms in total. The van der Waals surface area contributed by atoms with Gasteiger partial charge < -0.3 is 24.1 Å². The van der Waals surface area contributed by atoms with Crippen LogP contribution >= 0.6 is 0 Å². The molecule has 7 heteroatoms. The van der Waals surface area contributed by atoms with Gasteiger partial charge in [-0.05, 0) is 36.2 Å². The second-order valence-corrected chi connectivity index (χ2v) is 6.54. The summed E-state index contributed by atoms with van der Waals surface area (Å²) in [6.07, 6.45) is 2.64. The second kappa shape index (κ2) is 8.62. The SMILES string of the molecule is COc1ccc(CCN2CC(CNC(=O)c3ccco3)CC2=O)cc1OC. The molecule has 2 amide bonds. The standard InChI is InChI=1S/C20H24N2O5/c1-25-16-6-5-14(10-18(16)26-2)7-8-22-13-15(11-19(22)23)12-21-20(24)17-4-3-9-27-17/h3-6,9-10,15H,7-8,11-13H2,1-2H3,(H,21,24). The van der Waals surface area contributed by atoms with Crippen molar-refractivity contribution < 1.29 is 23.5 Å². The minimum absolute atomic E-state index is 0.113. The van der Waals surface area contributed by atoms with Gasteiger partial charge in [-0.25, -0.2) is 0 Å². The highest BCUT2D eigenvalue weighted by Gasteiger charge is 2.29. The summed E-state index contributed by atoms with van der Waals surface area (Å²) in [6, 6.07) is 9.06. The molecule has 1 unspecified atom stereocenters. The summed E-state index contributed by atoms with van der Waals surface area (Å²) in [5, 5.41) is 2.83. The molecular weight excluding hydrogens is 348 g/mol. The van der Waals surface area contributed by atoms with Gasteiger partial charge in [-0.3, -0.25) is 9.59 Å². The van der Waals surface area contributed by atoms with Crippen LogP contribution in [-0.2, 0) is 11.2 Å². The molecule has 3 rings (SSSR count). The average Bonchev–Trinajstić information content (AvgIpc) is 3.34. The molecule has 1 aromatic carbocycles. The molecule has 144 valence electrons. The number of ether oxygens (including phenoxy) is 2. The highest BCUT2D eigenvalue weighted by Crippen LogP contribution is 2.28. The molecule has 0 aliphatic carbocycles. The summed E-state index contributed by atoms with van der Waals surface area (Å²) >= 11 is 0. The first-order chi connectivity index (χ1) is 13.1. The Kier molecular flexibility index (Phi) is 6.01. The van der Waals surface area contributed by atoms with Gasteiger partial charge in [0.05, 0.1) is 20.5 Å². The van der Waals surface area contributed by atoms with Gasteiger partial charge >= 0.3 is 0 Å². The number of carbonyl (C=O) groups is 2. The van der Waals surface area contributed by atoms with E-state index in [1.165, 1.54) is 6.26 Å². The van der Waals surface area contributed by atoms with Gasteiger partial charge in [-0.2, -0.15) is 0 Å². The summed E-state index contributed by atoms with van der Waals surface area (Å²) in [7, 11) is 3.21. The largest absolute Gasteiger partial charge is 0.493 e. The van der Waals surface area contributed by atoms with E-state index in [9.17, 15) is 9.59 Å². The number of nitrogens with one attached hydrogen (secondary N) is 1. The second-order valence-electron chi connectivity index (χ2n) is 6.54. The van der Waals surface area contributed by atoms with Crippen LogP contribution in [0.1, 0.15) is 22.5 Å². The first-order valence-electron chi connectivity index (χ1n) is 8.91. The van der Waals surface area contributed by atoms with Crippen molar-refractivity contribution in [1.82, 2.24) is 10.2 Å². The van der Waals surface area contributed by atoms with Crippen molar-refractivity contribution in [3.8, 4) is 11.5 Å². The Bertz CT molecular complexity index is 788. The summed E-state index contributed by atoms with van der Waals surface area (Å²) in [5.41, 5.74) is 1.08. The van der Waals surface area contributed by atoms with E-state index in [1.54, 1.807) is 26.4 Å². The maximum Gasteiger partial charge on any atom is 0.286 e. The average molecular weight is 372 g/mol. The molecule has 1 saturated heterocycles. The highest BCUT2D eigenvalue weighted by atomic mass is 16.5. The Morgan fingerprint density at radius 2 is 2.07 bits per heavy atom. The molecule has 1 N–H and O–H groups in total. The Hall–Kier alpha value is -2.96. The maximum atomic E-state index is 12.3. The lowest BCUT2D eigenvalue weighted by molar-refractivity contribution is -0.127. The zero-order valence-corrected chi connectivity index (χ0v) is 15.6. The highest BCUT2D eigenvalue weighted by molar-refractivity contribution is 5.91. The van der Waals surface area contributed by atoms with E-state index in [0.717, 1.165) is 12.0 Å². The van der Waals surface area contributed by atoms with Gasteiger partial charge in [0.1, 0.15) is 0 Å². The molecule has 1 aliphatic heterocycles. The van der Waals surface area contributed by atoms with E-state index in [1.807, 2.05) is 23.1 Å². The van der Waals surface area contributed by atoms with Crippen LogP contribution in [0.25, 0.3) is 0 Å². The summed E-state index contributed by atoms with van der Waals surface area (Å²) in [5.74, 6) is 1.63. The molecule has 1 atom stereocenters. The van der Waals surface area contributed by atoms with E-state index >= 15 is 0 Å². The molecule has 0 radical (unpaired) electrons. The van der Waals surface area contributed by atoms with Crippen molar-refractivity contribution in [3.05, 3.63) is 47.9 Å². The van der Waals surface area contributed by atoms with E-state index < -0.39 is 0 Å². The molecule has 27 heavy (non-hydrogen) atoms. The zero-order chi connectivity index (χ0) is 19.2. The van der Waals surface area contributed by atoms with Gasteiger partial charge in [-0.15, -0.1) is 0 Å². The van der Waals surface area contributed by atoms with Crippen LogP contribution in [0.3, 0.4) is 0 Å². The van der Waals surface area contributed by atoms with Crippen LogP contribution in [0.15, 0.2) is 41.0 Å². The third-order valence-corrected chi connectivity index (χ3v) is 4.71. The Balaban J connectivity index is 1.49. The van der Waals surface area contributed by atoms with Crippen LogP contribution in [0, 0.1) is 5.92 Å². The third-order valence-electron chi connectivity index (χ3n) is 4.71. The Labute approximate surface area is 158 Å². The predicted octanol–water partition coefficient (Wildman–Crippen LogP) is 2.12. The van der Waals surface area contributed by atoms with Crippen LogP contribution in [0.5, 0.6) is 11.5 Å². The molecule has 0 spiro atoms. The molecule has 1 aliphatic rings. The van der Waals surface area contributed by atoms with Gasteiger partial charge in [0, 0.05) is 32.0 Å². The van der Waals surface area contributed by atoms with Gasteiger partial charge in [0.2, 0.25) is 5.91 Å². The van der Waals surface area contributed by atoms with E-state index in [2.05, 4.69) is 5.32 Å². The topological polar surface area (TPSA) is 81.0 Å². The van der Waals surface area contributed by atoms with E-state index in [4.69, 9.17) is 13.9 Å². The van der Waals surface area contributed by atoms with E-state index in [0.29, 0.717) is 37.6 Å². The number of likely N-dealkylation sites (tertiary alicyclic amines) is 1. The first kappa shape index (κ1) is 18.8. The van der Waals surface area contributed by atoms with Crippen molar-refractivity contribution in [1.29, 1.82) is 0 Å². The molecule has 0 saturated carbocycles. The maximum absolute atomic E-state index is 12.3. The van der Waals surface area contributed by atoms with Gasteiger partial charge in [0.25, 0.3) is 5.91 Å². The van der Waals surface area contributed by atoms with Crippen molar-refractivity contribution in [2.45, 2.75) is 12.8 Å². The molecule has 2 aromatic rings. The fraction of sp³-hybridized carbons (Fsp3) is 0.400. The minimum atomic E-state index is -0.253. The predicted molar refractivity (Wildman–Crippen MR) is 99.0 cm³/mol. The van der Waals surface area contributed by atoms with Crippen LogP contribution in [0.2, 0.25) is 0 Å². The number of rotatable bonds is 8. The summed E-state index contributed by atoms with van der Waals surface area (Å²) in [6.45, 7) is 1.74. The molecular formula is C20H24N2O5. The number of benzene rings is 1. The van der Waals surface area contributed by atoms with Crippen molar-refractivity contribution in [3.63, 3.8) is 0 Å². The zero-order valence-electron chi connectivity index (χ0n) is 15.6. The van der Waals surface area contributed by atoms with Crippen LogP contribution in [-0.4, -0.2) is 50.6 Å². The minimum Gasteiger partial charge on any atom is -0.493 e. The number of methoxy groups -OCH3 is 2. The Morgan fingerprint density at radius 1 is 1.26 bits per heavy atom. The van der Waals surface area contributed by atoms with E-state index in [-0.39, 0.29) is 23.5 Å². The lowest BCUT2D eigenvalue weighted by atomic mass is 10.1. The molecule has 0 bridgehead atoms. The first-order valence-corrected chi connectivity index (χ1v) is 8.91. The Morgan fingerprint density at radius 3 is 2.78 bits per heavy atom. The van der Waals surface area contributed by atoms with Crippen molar-refractivity contribution >= 4 is 11.8 Å². The number of nitrogens with zero attached hydrogens (tertiary/aromatic N) is 1. The fourth-order valence-electron chi connectivity index (χ4n) is 3.24. The summed E-state index contributed by atoms with van der Waals surface area (Å²) < 4.78 is 15.6. The molecule has 1 fully saturated rings. The normalized spacial score (nSPS) is 16.4. The molecule has 1 aromatic heterocycles. The monoisotopic (exact) mass is 372 g/mol. The third kappa shape index (κ3) is 4.61. The fourth-order valence-corrected chi connectivity index (χ4v) is 3.24. The number of hydrogen-bond donors (Lipinski definition) is 1. The lowest BCUT2D eigenvalue weighted by Gasteiger charge is -2.17. The van der Waals surface area contributed by atoms with Gasteiger partial charge in [0.15, 0.2) is 17.3 Å². The van der Waals surface area contributed by atoms with Crippen molar-refractivity contribution in [2.24, 2.45) is 5.92 Å². The van der Waals surface area contributed by atoms with Crippen molar-refractivity contribution in [2.75, 3.05) is 33.9 Å². The number of hydrogen-bond acceptors (Lipinski definition) is 5. The summed E-state index contributed by atoms with van der Waals surface area (Å²) in [4.78, 5) is 26.0. The van der Waals surface area contributed by atoms with Gasteiger partial charge in [-0.1, -0.05) is 6.07 Å². The van der Waals surface area contributed by atoms with Crippen LogP contribution in [0.4, 0.5) is 0 Å². The number of carbonyl (C=O) groups excluding carboxylic acids is 2. The number of amides is 2. The lowest BCUT2D eigenvalue weighted by Crippen LogP contribution is -2.31. The smallest absolute Gasteiger partial charge is 0.286 e. The number of furan rings is 1. The quantitative estimate of drug-likeness (QED) is 0.768.